The Balaban J connectivity index is 1.91. The molecule has 162 valence electrons. The minimum absolute atomic E-state index is 0.0127. The van der Waals surface area contributed by atoms with Gasteiger partial charge in [0.25, 0.3) is 5.56 Å². The Hall–Kier alpha value is -1.86. The highest BCUT2D eigenvalue weighted by Gasteiger charge is 2.48. The van der Waals surface area contributed by atoms with E-state index in [-0.39, 0.29) is 30.0 Å². The van der Waals surface area contributed by atoms with Crippen LogP contribution in [-0.2, 0) is 20.9 Å². The van der Waals surface area contributed by atoms with E-state index in [1.165, 1.54) is 24.9 Å². The van der Waals surface area contributed by atoms with Crippen molar-refractivity contribution in [1.29, 1.82) is 0 Å². The molecule has 2 aromatic rings. The van der Waals surface area contributed by atoms with Crippen molar-refractivity contribution in [3.8, 4) is 0 Å². The first-order chi connectivity index (χ1) is 13.4. The van der Waals surface area contributed by atoms with Gasteiger partial charge >= 0.3 is 7.82 Å². The number of aliphatic hydroxyl groups is 2. The fourth-order valence-corrected chi connectivity index (χ4v) is 4.11. The first-order valence-corrected chi connectivity index (χ1v) is 10.4. The van der Waals surface area contributed by atoms with Gasteiger partial charge in [0.1, 0.15) is 12.2 Å². The van der Waals surface area contributed by atoms with Crippen molar-refractivity contribution in [2.45, 2.75) is 56.8 Å². The first kappa shape index (κ1) is 21.8. The van der Waals surface area contributed by atoms with Gasteiger partial charge in [-0.1, -0.05) is 6.92 Å². The highest BCUT2D eigenvalue weighted by atomic mass is 31.2. The highest BCUT2D eigenvalue weighted by molar-refractivity contribution is 7.46. The van der Waals surface area contributed by atoms with Crippen LogP contribution in [0.2, 0.25) is 0 Å². The van der Waals surface area contributed by atoms with Crippen LogP contribution in [0.25, 0.3) is 11.2 Å². The Morgan fingerprint density at radius 3 is 2.62 bits per heavy atom. The fraction of sp³-hybridized carbons (Fsp3) is 0.667. The number of aromatic nitrogens is 4. The molecule has 29 heavy (non-hydrogen) atoms. The molecule has 0 aliphatic carbocycles. The molecule has 1 unspecified atom stereocenters. The predicted molar refractivity (Wildman–Crippen MR) is 99.5 cm³/mol. The Morgan fingerprint density at radius 2 is 2.03 bits per heavy atom. The lowest BCUT2D eigenvalue weighted by Gasteiger charge is -2.31. The Bertz CT molecular complexity index is 1020. The van der Waals surface area contributed by atoms with Crippen molar-refractivity contribution in [1.82, 2.24) is 19.1 Å². The molecule has 2 aromatic heterocycles. The molecule has 0 aromatic carbocycles. The summed E-state index contributed by atoms with van der Waals surface area (Å²) in [5.41, 5.74) is 4.03. The molecule has 1 aliphatic rings. The van der Waals surface area contributed by atoms with Crippen molar-refractivity contribution >= 4 is 24.9 Å². The summed E-state index contributed by atoms with van der Waals surface area (Å²) >= 11 is 0. The average Bonchev–Trinajstić information content (AvgIpc) is 3.14. The number of aliphatic hydroxyl groups excluding tert-OH is 2. The number of nitrogen functional groups attached to an aromatic ring is 1. The number of rotatable bonds is 6. The molecule has 6 N–H and O–H groups in total. The molecule has 1 fully saturated rings. The maximum Gasteiger partial charge on any atom is 0.470 e. The predicted octanol–water partition coefficient (Wildman–Crippen LogP) is -1.00. The van der Waals surface area contributed by atoms with Crippen LogP contribution in [0.3, 0.4) is 0 Å². The van der Waals surface area contributed by atoms with Crippen molar-refractivity contribution < 1.29 is 33.8 Å². The number of fused-ring (bicyclic) bond motifs is 1. The van der Waals surface area contributed by atoms with Gasteiger partial charge in [-0.15, -0.1) is 0 Å². The number of anilines is 1. The second-order valence-electron chi connectivity index (χ2n) is 7.29. The number of ether oxygens (including phenoxy) is 1. The van der Waals surface area contributed by atoms with E-state index in [0.29, 0.717) is 0 Å². The van der Waals surface area contributed by atoms with Crippen LogP contribution >= 0.6 is 7.82 Å². The van der Waals surface area contributed by atoms with Gasteiger partial charge in [0.2, 0.25) is 5.95 Å². The second kappa shape index (κ2) is 7.43. The Kier molecular flexibility index (Phi) is 5.60. The number of imidazole rings is 1. The molecule has 5 atom stereocenters. The molecule has 1 saturated heterocycles. The zero-order valence-electron chi connectivity index (χ0n) is 16.0. The lowest BCUT2D eigenvalue weighted by molar-refractivity contribution is -0.0683. The van der Waals surface area contributed by atoms with Crippen molar-refractivity contribution in [3.63, 3.8) is 0 Å². The molecule has 0 amide bonds. The summed E-state index contributed by atoms with van der Waals surface area (Å²) in [7, 11) is -3.34. The summed E-state index contributed by atoms with van der Waals surface area (Å²) in [6.45, 7) is 3.14. The van der Waals surface area contributed by atoms with E-state index in [1.54, 1.807) is 6.92 Å². The lowest BCUT2D eigenvalue weighted by atomic mass is 9.93. The highest BCUT2D eigenvalue weighted by Crippen LogP contribution is 2.46. The van der Waals surface area contributed by atoms with Crippen molar-refractivity contribution in [2.24, 2.45) is 7.05 Å². The molecule has 0 spiro atoms. The average molecular weight is 433 g/mol. The van der Waals surface area contributed by atoms with Gasteiger partial charge in [-0.3, -0.25) is 18.5 Å². The lowest BCUT2D eigenvalue weighted by Crippen LogP contribution is -2.38. The van der Waals surface area contributed by atoms with Crippen LogP contribution in [0.15, 0.2) is 11.1 Å². The maximum atomic E-state index is 12.3. The molecule has 0 saturated carbocycles. The minimum Gasteiger partial charge on any atom is -0.388 e. The van der Waals surface area contributed by atoms with Crippen molar-refractivity contribution in [3.05, 3.63) is 16.7 Å². The topological polar surface area (TPSA) is 195 Å². The van der Waals surface area contributed by atoms with E-state index in [0.717, 1.165) is 4.57 Å². The van der Waals surface area contributed by atoms with Crippen LogP contribution in [0.5, 0.6) is 0 Å². The quantitative estimate of drug-likeness (QED) is 0.350. The standard InChI is InChI=1S/C15H24N5O8P/c1-4-15(2,28-29(24,25)26)5-7-9(21)10(22)13(27-7)20-6-17-8-11(20)18-14(16)19(3)12(8)23/h6-7,9-10,13,21-22H,4-5H2,1-3H3,(H2,16,18)(H2,24,25,26)/t7-,9-,10-,13-,15?/m1/s1. The third kappa shape index (κ3) is 4.08. The van der Waals surface area contributed by atoms with Crippen molar-refractivity contribution in [2.75, 3.05) is 5.73 Å². The zero-order valence-corrected chi connectivity index (χ0v) is 16.9. The summed E-state index contributed by atoms with van der Waals surface area (Å²) in [6, 6.07) is 0. The summed E-state index contributed by atoms with van der Waals surface area (Å²) in [5, 5.41) is 20.9. The van der Waals surface area contributed by atoms with E-state index in [2.05, 4.69) is 9.97 Å². The largest absolute Gasteiger partial charge is 0.470 e. The van der Waals surface area contributed by atoms with Crippen LogP contribution in [-0.4, -0.2) is 63.0 Å². The van der Waals surface area contributed by atoms with E-state index in [1.807, 2.05) is 0 Å². The van der Waals surface area contributed by atoms with Crippen LogP contribution < -0.4 is 11.3 Å². The SMILES string of the molecule is CCC(C)(C[C@H]1O[C@@H](n2cnc3c(=O)n(C)c(N)nc32)[C@H](O)[C@@H]1O)OP(=O)(O)O. The number of hydrogen-bond donors (Lipinski definition) is 5. The third-order valence-corrected chi connectivity index (χ3v) is 5.85. The molecular formula is C15H24N5O8P. The molecule has 13 nitrogen and oxygen atoms in total. The smallest absolute Gasteiger partial charge is 0.388 e. The first-order valence-electron chi connectivity index (χ1n) is 8.84. The summed E-state index contributed by atoms with van der Waals surface area (Å²) in [4.78, 5) is 38.7. The van der Waals surface area contributed by atoms with Gasteiger partial charge in [0.15, 0.2) is 17.4 Å². The third-order valence-electron chi connectivity index (χ3n) is 5.17. The van der Waals surface area contributed by atoms with Gasteiger partial charge in [0, 0.05) is 13.5 Å². The van der Waals surface area contributed by atoms with E-state index >= 15 is 0 Å². The molecule has 14 heteroatoms. The maximum absolute atomic E-state index is 12.3. The summed E-state index contributed by atoms with van der Waals surface area (Å²) in [5.74, 6) is -0.0672. The monoisotopic (exact) mass is 433 g/mol. The second-order valence-corrected chi connectivity index (χ2v) is 8.46. The molecule has 1 aliphatic heterocycles. The molecular weight excluding hydrogens is 409 g/mol. The molecule has 3 heterocycles. The number of phosphoric ester groups is 1. The Labute approximate surface area is 164 Å². The number of nitrogens with two attached hydrogens (primary N) is 1. The molecule has 0 radical (unpaired) electrons. The van der Waals surface area contributed by atoms with Gasteiger partial charge in [-0.05, 0) is 13.3 Å². The molecule has 3 rings (SSSR count). The van der Waals surface area contributed by atoms with Gasteiger partial charge in [-0.2, -0.15) is 4.98 Å². The Morgan fingerprint density at radius 1 is 1.38 bits per heavy atom. The van der Waals surface area contributed by atoms with Crippen LogP contribution in [0.1, 0.15) is 32.9 Å². The normalized spacial score (nSPS) is 27.4. The van der Waals surface area contributed by atoms with Gasteiger partial charge in [-0.25, -0.2) is 9.55 Å². The van der Waals surface area contributed by atoms with Gasteiger partial charge in [0.05, 0.1) is 18.0 Å². The number of nitrogens with zero attached hydrogens (tertiary/aromatic N) is 4. The minimum atomic E-state index is -4.78. The van der Waals surface area contributed by atoms with Gasteiger partial charge < -0.3 is 30.5 Å². The summed E-state index contributed by atoms with van der Waals surface area (Å²) in [6.07, 6.45) is -3.59. The zero-order chi connectivity index (χ0) is 21.7. The molecule has 0 bridgehead atoms. The number of phosphoric acid groups is 1. The van der Waals surface area contributed by atoms with E-state index in [4.69, 9.17) is 24.8 Å². The van der Waals surface area contributed by atoms with E-state index < -0.39 is 43.5 Å². The number of hydrogen-bond acceptors (Lipinski definition) is 9. The summed E-state index contributed by atoms with van der Waals surface area (Å²) < 4.78 is 24.3. The fourth-order valence-electron chi connectivity index (χ4n) is 3.34. The van der Waals surface area contributed by atoms with Crippen LogP contribution in [0.4, 0.5) is 5.95 Å². The van der Waals surface area contributed by atoms with E-state index in [9.17, 15) is 19.6 Å². The van der Waals surface area contributed by atoms with Crippen LogP contribution in [0, 0.1) is 0 Å².